The molecule has 0 saturated carbocycles. The zero-order chi connectivity index (χ0) is 11.4. The van der Waals surface area contributed by atoms with E-state index in [9.17, 15) is 9.90 Å². The molecule has 3 heteroatoms. The lowest BCUT2D eigenvalue weighted by atomic mass is 10.00. The van der Waals surface area contributed by atoms with Gasteiger partial charge in [0, 0.05) is 0 Å². The van der Waals surface area contributed by atoms with Crippen LogP contribution in [0.1, 0.15) is 22.3 Å². The van der Waals surface area contributed by atoms with Crippen LogP contribution in [0.15, 0.2) is 18.2 Å². The highest BCUT2D eigenvalue weighted by Crippen LogP contribution is 2.17. The highest BCUT2D eigenvalue weighted by atomic mass is 16.4. The zero-order valence-electron chi connectivity index (χ0n) is 8.78. The molecule has 80 valence electrons. The van der Waals surface area contributed by atoms with E-state index in [1.165, 1.54) is 6.08 Å². The van der Waals surface area contributed by atoms with Crippen LogP contribution < -0.4 is 5.11 Å². The molecule has 1 N–H and O–H groups in total. The van der Waals surface area contributed by atoms with Crippen LogP contribution in [-0.2, 0) is 11.4 Å². The Labute approximate surface area is 88.7 Å². The van der Waals surface area contributed by atoms with Crippen molar-refractivity contribution >= 4 is 12.0 Å². The van der Waals surface area contributed by atoms with Crippen LogP contribution in [-0.4, -0.2) is 11.1 Å². The van der Waals surface area contributed by atoms with Gasteiger partial charge in [-0.05, 0) is 42.2 Å². The minimum atomic E-state index is -1.24. The monoisotopic (exact) mass is 205 g/mol. The molecule has 0 heterocycles. The van der Waals surface area contributed by atoms with Crippen molar-refractivity contribution in [1.29, 1.82) is 0 Å². The number of carboxylic acid groups (broad SMARTS) is 1. The van der Waals surface area contributed by atoms with Gasteiger partial charge in [-0.25, -0.2) is 0 Å². The molecule has 0 fully saturated rings. The molecule has 0 saturated heterocycles. The Morgan fingerprint density at radius 3 is 2.53 bits per heavy atom. The second-order valence-corrected chi connectivity index (χ2v) is 3.45. The summed E-state index contributed by atoms with van der Waals surface area (Å²) in [6.07, 6.45) is 2.40. The Morgan fingerprint density at radius 2 is 2.00 bits per heavy atom. The molecular weight excluding hydrogens is 192 g/mol. The van der Waals surface area contributed by atoms with E-state index in [0.717, 1.165) is 22.8 Å². The molecule has 0 aromatic heterocycles. The molecule has 0 unspecified atom stereocenters. The minimum Gasteiger partial charge on any atom is -0.545 e. The number of aliphatic carboxylic acids is 1. The Hall–Kier alpha value is -1.61. The highest BCUT2D eigenvalue weighted by molar-refractivity contribution is 5.84. The number of carbonyl (C=O) groups is 1. The average Bonchev–Trinajstić information content (AvgIpc) is 2.19. The van der Waals surface area contributed by atoms with Gasteiger partial charge < -0.3 is 15.0 Å². The molecule has 0 spiro atoms. The SMILES string of the molecule is Cc1cc(/C=C/C(=O)[O-])c(CO)cc1C. The van der Waals surface area contributed by atoms with Gasteiger partial charge in [0.25, 0.3) is 0 Å². The second kappa shape index (κ2) is 4.75. The first-order chi connectivity index (χ1) is 7.04. The van der Waals surface area contributed by atoms with Crippen molar-refractivity contribution in [3.05, 3.63) is 40.5 Å². The molecule has 1 aromatic carbocycles. The van der Waals surface area contributed by atoms with Gasteiger partial charge in [0.2, 0.25) is 0 Å². The van der Waals surface area contributed by atoms with Crippen LogP contribution in [0.25, 0.3) is 6.08 Å². The Morgan fingerprint density at radius 1 is 1.40 bits per heavy atom. The van der Waals surface area contributed by atoms with Crippen LogP contribution in [0.5, 0.6) is 0 Å². The van der Waals surface area contributed by atoms with Crippen LogP contribution in [0.2, 0.25) is 0 Å². The molecule has 3 nitrogen and oxygen atoms in total. The quantitative estimate of drug-likeness (QED) is 0.733. The van der Waals surface area contributed by atoms with Gasteiger partial charge >= 0.3 is 0 Å². The normalized spacial score (nSPS) is 10.9. The number of hydrogen-bond acceptors (Lipinski definition) is 3. The first-order valence-electron chi connectivity index (χ1n) is 4.64. The van der Waals surface area contributed by atoms with Crippen molar-refractivity contribution in [2.75, 3.05) is 0 Å². The van der Waals surface area contributed by atoms with Gasteiger partial charge in [0.15, 0.2) is 0 Å². The smallest absolute Gasteiger partial charge is 0.0687 e. The van der Waals surface area contributed by atoms with E-state index in [4.69, 9.17) is 5.11 Å². The van der Waals surface area contributed by atoms with E-state index in [-0.39, 0.29) is 6.61 Å². The molecule has 0 aliphatic heterocycles. The van der Waals surface area contributed by atoms with E-state index in [1.54, 1.807) is 0 Å². The predicted molar refractivity (Wildman–Crippen MR) is 55.9 cm³/mol. The number of benzene rings is 1. The van der Waals surface area contributed by atoms with Crippen LogP contribution in [0.4, 0.5) is 0 Å². The third-order valence-corrected chi connectivity index (χ3v) is 2.32. The van der Waals surface area contributed by atoms with E-state index in [1.807, 2.05) is 26.0 Å². The third-order valence-electron chi connectivity index (χ3n) is 2.32. The third kappa shape index (κ3) is 2.92. The minimum absolute atomic E-state index is 0.103. The fourth-order valence-corrected chi connectivity index (χ4v) is 1.35. The van der Waals surface area contributed by atoms with E-state index in [0.29, 0.717) is 5.56 Å². The van der Waals surface area contributed by atoms with Crippen molar-refractivity contribution < 1.29 is 15.0 Å². The number of rotatable bonds is 3. The van der Waals surface area contributed by atoms with Gasteiger partial charge in [0.1, 0.15) is 0 Å². The number of hydrogen-bond donors (Lipinski definition) is 1. The fourth-order valence-electron chi connectivity index (χ4n) is 1.35. The highest BCUT2D eigenvalue weighted by Gasteiger charge is 2.01. The first-order valence-corrected chi connectivity index (χ1v) is 4.64. The van der Waals surface area contributed by atoms with Gasteiger partial charge in [0.05, 0.1) is 12.6 Å². The maximum Gasteiger partial charge on any atom is 0.0687 e. The van der Waals surface area contributed by atoms with Gasteiger partial charge in [-0.1, -0.05) is 18.2 Å². The number of aliphatic hydroxyl groups excluding tert-OH is 1. The van der Waals surface area contributed by atoms with Crippen molar-refractivity contribution in [3.8, 4) is 0 Å². The summed E-state index contributed by atoms with van der Waals surface area (Å²) in [4.78, 5) is 10.3. The summed E-state index contributed by atoms with van der Waals surface area (Å²) >= 11 is 0. The second-order valence-electron chi connectivity index (χ2n) is 3.45. The standard InChI is InChI=1S/C12H14O3/c1-8-5-10(3-4-12(14)15)11(7-13)6-9(8)2/h3-6,13H,7H2,1-2H3,(H,14,15)/p-1/b4-3+. The maximum absolute atomic E-state index is 10.3. The van der Waals surface area contributed by atoms with E-state index >= 15 is 0 Å². The number of carboxylic acids is 1. The molecule has 0 bridgehead atoms. The molecule has 15 heavy (non-hydrogen) atoms. The summed E-state index contributed by atoms with van der Waals surface area (Å²) < 4.78 is 0. The first kappa shape index (κ1) is 11.5. The number of aryl methyl sites for hydroxylation is 2. The Kier molecular flexibility index (Phi) is 3.63. The lowest BCUT2D eigenvalue weighted by Gasteiger charge is -2.07. The largest absolute Gasteiger partial charge is 0.545 e. The molecule has 0 atom stereocenters. The zero-order valence-corrected chi connectivity index (χ0v) is 8.78. The predicted octanol–water partition coefficient (Wildman–Crippen LogP) is 0.559. The van der Waals surface area contributed by atoms with Crippen LogP contribution in [0, 0.1) is 13.8 Å². The average molecular weight is 205 g/mol. The van der Waals surface area contributed by atoms with Crippen molar-refractivity contribution in [1.82, 2.24) is 0 Å². The van der Waals surface area contributed by atoms with Crippen molar-refractivity contribution in [2.45, 2.75) is 20.5 Å². The van der Waals surface area contributed by atoms with Crippen molar-refractivity contribution in [2.24, 2.45) is 0 Å². The Balaban J connectivity index is 3.16. The summed E-state index contributed by atoms with van der Waals surface area (Å²) in [7, 11) is 0. The molecule has 0 aliphatic carbocycles. The Bertz CT molecular complexity index is 406. The van der Waals surface area contributed by atoms with Gasteiger partial charge in [-0.3, -0.25) is 0 Å². The topological polar surface area (TPSA) is 60.4 Å². The van der Waals surface area contributed by atoms with Gasteiger partial charge in [-0.15, -0.1) is 0 Å². The van der Waals surface area contributed by atoms with Crippen LogP contribution >= 0.6 is 0 Å². The summed E-state index contributed by atoms with van der Waals surface area (Å²) in [6.45, 7) is 3.78. The van der Waals surface area contributed by atoms with Crippen molar-refractivity contribution in [3.63, 3.8) is 0 Å². The summed E-state index contributed by atoms with van der Waals surface area (Å²) in [6, 6.07) is 3.70. The molecule has 1 rings (SSSR count). The summed E-state index contributed by atoms with van der Waals surface area (Å²) in [5.74, 6) is -1.24. The molecular formula is C12H13O3-. The molecule has 0 amide bonds. The summed E-state index contributed by atoms with van der Waals surface area (Å²) in [5.41, 5.74) is 3.57. The molecule has 1 aromatic rings. The van der Waals surface area contributed by atoms with E-state index < -0.39 is 5.97 Å². The number of aliphatic hydroxyl groups is 1. The van der Waals surface area contributed by atoms with Crippen LogP contribution in [0.3, 0.4) is 0 Å². The lowest BCUT2D eigenvalue weighted by molar-refractivity contribution is -0.297. The summed E-state index contributed by atoms with van der Waals surface area (Å²) in [5, 5.41) is 19.4. The fraction of sp³-hybridized carbons (Fsp3) is 0.250. The maximum atomic E-state index is 10.3. The molecule has 0 radical (unpaired) electrons. The number of carbonyl (C=O) groups excluding carboxylic acids is 1. The lowest BCUT2D eigenvalue weighted by Crippen LogP contribution is -2.18. The van der Waals surface area contributed by atoms with Gasteiger partial charge in [-0.2, -0.15) is 0 Å². The van der Waals surface area contributed by atoms with E-state index in [2.05, 4.69) is 0 Å². The molecule has 0 aliphatic rings.